The second-order valence-electron chi connectivity index (χ2n) is 8.48. The third-order valence-corrected chi connectivity index (χ3v) is 7.34. The maximum Gasteiger partial charge on any atom is 0.120 e. The monoisotopic (exact) mass is 752 g/mol. The van der Waals surface area contributed by atoms with Crippen molar-refractivity contribution in [1.29, 1.82) is 0 Å². The lowest BCUT2D eigenvalue weighted by Gasteiger charge is -2.33. The summed E-state index contributed by atoms with van der Waals surface area (Å²) in [6.07, 6.45) is 0. The third-order valence-electron chi connectivity index (χ3n) is 5.36. The molecule has 0 aliphatic carbocycles. The van der Waals surface area contributed by atoms with Crippen LogP contribution < -0.4 is 18.9 Å². The molecule has 0 aromatic heterocycles. The largest absolute Gasteiger partial charge is 0.493 e. The average molecular weight is 756 g/mol. The summed E-state index contributed by atoms with van der Waals surface area (Å²) < 4.78 is 28.9. The topological polar surface area (TPSA) is 36.9 Å². The van der Waals surface area contributed by atoms with Gasteiger partial charge in [0.15, 0.2) is 0 Å². The number of ether oxygens (including phenoxy) is 4. The lowest BCUT2D eigenvalue weighted by atomic mass is 9.92. The molecular weight excluding hydrogens is 732 g/mol. The molecule has 0 unspecified atom stereocenters. The molecule has 0 saturated carbocycles. The van der Waals surface area contributed by atoms with Crippen molar-refractivity contribution in [2.45, 2.75) is 0 Å². The SMILES string of the molecule is Brc1cccc(OCC(COc2cccc(Br)c2)(COc2cccc(Br)c2)COc2cccc(Br)c2)c1. The molecule has 0 heterocycles. The van der Waals surface area contributed by atoms with Crippen LogP contribution in [0.1, 0.15) is 0 Å². The summed E-state index contributed by atoms with van der Waals surface area (Å²) in [7, 11) is 0. The molecule has 4 rings (SSSR count). The summed E-state index contributed by atoms with van der Waals surface area (Å²) in [6, 6.07) is 31.0. The first kappa shape index (κ1) is 28.0. The molecule has 0 aliphatic heterocycles. The average Bonchev–Trinajstić information content (AvgIpc) is 2.88. The maximum absolute atomic E-state index is 6.29. The standard InChI is InChI=1S/C29H24Br4O4/c30-21-5-1-9-25(13-21)34-17-29(18-35-26-10-2-6-22(31)14-26,19-36-27-11-3-7-23(32)15-27)20-37-28-12-4-8-24(33)16-28/h1-16H,17-20H2. The minimum Gasteiger partial charge on any atom is -0.493 e. The van der Waals surface area contributed by atoms with E-state index in [9.17, 15) is 0 Å². The summed E-state index contributed by atoms with van der Waals surface area (Å²) in [6.45, 7) is 1.22. The van der Waals surface area contributed by atoms with E-state index in [1.165, 1.54) is 0 Å². The maximum atomic E-state index is 6.29. The van der Waals surface area contributed by atoms with Crippen LogP contribution in [0.2, 0.25) is 0 Å². The Kier molecular flexibility index (Phi) is 10.4. The van der Waals surface area contributed by atoms with E-state index in [1.807, 2.05) is 97.1 Å². The van der Waals surface area contributed by atoms with E-state index in [-0.39, 0.29) is 0 Å². The zero-order chi connectivity index (χ0) is 26.1. The van der Waals surface area contributed by atoms with Crippen LogP contribution in [0.5, 0.6) is 23.0 Å². The van der Waals surface area contributed by atoms with E-state index in [1.54, 1.807) is 0 Å². The normalized spacial score (nSPS) is 11.1. The molecular formula is C29H24Br4O4. The van der Waals surface area contributed by atoms with Crippen molar-refractivity contribution < 1.29 is 18.9 Å². The molecule has 0 bridgehead atoms. The highest BCUT2D eigenvalue weighted by Crippen LogP contribution is 2.29. The van der Waals surface area contributed by atoms with Crippen molar-refractivity contribution in [3.63, 3.8) is 0 Å². The van der Waals surface area contributed by atoms with Crippen LogP contribution in [0.4, 0.5) is 0 Å². The van der Waals surface area contributed by atoms with Crippen molar-refractivity contribution in [3.8, 4) is 23.0 Å². The summed E-state index contributed by atoms with van der Waals surface area (Å²) in [5.74, 6) is 2.97. The molecule has 192 valence electrons. The van der Waals surface area contributed by atoms with Crippen LogP contribution >= 0.6 is 63.7 Å². The van der Waals surface area contributed by atoms with Gasteiger partial charge >= 0.3 is 0 Å². The molecule has 0 aliphatic rings. The summed E-state index contributed by atoms with van der Waals surface area (Å²) in [4.78, 5) is 0. The van der Waals surface area contributed by atoms with Gasteiger partial charge in [-0.1, -0.05) is 88.0 Å². The highest BCUT2D eigenvalue weighted by atomic mass is 79.9. The molecule has 0 fully saturated rings. The van der Waals surface area contributed by atoms with Crippen molar-refractivity contribution >= 4 is 63.7 Å². The van der Waals surface area contributed by atoms with Gasteiger partial charge in [-0.05, 0) is 72.8 Å². The van der Waals surface area contributed by atoms with E-state index < -0.39 is 5.41 Å². The molecule has 0 radical (unpaired) electrons. The van der Waals surface area contributed by atoms with Crippen molar-refractivity contribution in [2.75, 3.05) is 26.4 Å². The van der Waals surface area contributed by atoms with Crippen LogP contribution in [0.25, 0.3) is 0 Å². The number of benzene rings is 4. The Bertz CT molecular complexity index is 1110. The lowest BCUT2D eigenvalue weighted by molar-refractivity contribution is -0.00356. The zero-order valence-corrected chi connectivity index (χ0v) is 26.1. The molecule has 37 heavy (non-hydrogen) atoms. The number of hydrogen-bond acceptors (Lipinski definition) is 4. The van der Waals surface area contributed by atoms with Gasteiger partial charge in [-0.25, -0.2) is 0 Å². The number of halogens is 4. The van der Waals surface area contributed by atoms with Gasteiger partial charge < -0.3 is 18.9 Å². The molecule has 0 atom stereocenters. The van der Waals surface area contributed by atoms with Gasteiger partial charge in [0.25, 0.3) is 0 Å². The molecule has 0 saturated heterocycles. The number of hydrogen-bond donors (Lipinski definition) is 0. The highest BCUT2D eigenvalue weighted by Gasteiger charge is 2.36. The van der Waals surface area contributed by atoms with Crippen LogP contribution in [-0.2, 0) is 0 Å². The predicted octanol–water partition coefficient (Wildman–Crippen LogP) is 9.34. The van der Waals surface area contributed by atoms with Gasteiger partial charge in [-0.3, -0.25) is 0 Å². The molecule has 0 spiro atoms. The van der Waals surface area contributed by atoms with Crippen molar-refractivity contribution in [1.82, 2.24) is 0 Å². The predicted molar refractivity (Wildman–Crippen MR) is 161 cm³/mol. The zero-order valence-electron chi connectivity index (χ0n) is 19.7. The molecule has 4 aromatic rings. The van der Waals surface area contributed by atoms with E-state index in [0.29, 0.717) is 26.4 Å². The fraction of sp³-hybridized carbons (Fsp3) is 0.172. The Morgan fingerprint density at radius 2 is 0.649 bits per heavy atom. The minimum absolute atomic E-state index is 0.305. The van der Waals surface area contributed by atoms with Gasteiger partial charge in [-0.15, -0.1) is 0 Å². The Morgan fingerprint density at radius 1 is 0.405 bits per heavy atom. The fourth-order valence-electron chi connectivity index (χ4n) is 3.42. The Morgan fingerprint density at radius 3 is 0.865 bits per heavy atom. The highest BCUT2D eigenvalue weighted by molar-refractivity contribution is 9.11. The smallest absolute Gasteiger partial charge is 0.120 e. The first-order valence-corrected chi connectivity index (χ1v) is 14.6. The Hall–Kier alpha value is -2.00. The van der Waals surface area contributed by atoms with Crippen LogP contribution in [-0.4, -0.2) is 26.4 Å². The Balaban J connectivity index is 1.61. The van der Waals surface area contributed by atoms with Gasteiger partial charge in [0.05, 0.1) is 0 Å². The van der Waals surface area contributed by atoms with E-state index in [4.69, 9.17) is 18.9 Å². The molecule has 8 heteroatoms. The van der Waals surface area contributed by atoms with Crippen molar-refractivity contribution in [2.24, 2.45) is 5.41 Å². The van der Waals surface area contributed by atoms with Gasteiger partial charge in [0.1, 0.15) is 54.8 Å². The van der Waals surface area contributed by atoms with E-state index >= 15 is 0 Å². The molecule has 0 amide bonds. The molecule has 4 aromatic carbocycles. The van der Waals surface area contributed by atoms with Crippen LogP contribution in [0.15, 0.2) is 115 Å². The van der Waals surface area contributed by atoms with Crippen LogP contribution in [0, 0.1) is 5.41 Å². The second kappa shape index (κ2) is 13.7. The molecule has 0 N–H and O–H groups in total. The minimum atomic E-state index is -0.657. The summed E-state index contributed by atoms with van der Waals surface area (Å²) >= 11 is 14.1. The lowest BCUT2D eigenvalue weighted by Crippen LogP contribution is -2.45. The quantitative estimate of drug-likeness (QED) is 0.145. The summed E-state index contributed by atoms with van der Waals surface area (Å²) in [5.41, 5.74) is -0.657. The van der Waals surface area contributed by atoms with Crippen LogP contribution in [0.3, 0.4) is 0 Å². The first-order valence-electron chi connectivity index (χ1n) is 11.4. The number of rotatable bonds is 12. The van der Waals surface area contributed by atoms with E-state index in [0.717, 1.165) is 40.9 Å². The third kappa shape index (κ3) is 9.06. The summed E-state index contributed by atoms with van der Waals surface area (Å²) in [5, 5.41) is 0. The van der Waals surface area contributed by atoms with Gasteiger partial charge in [-0.2, -0.15) is 0 Å². The second-order valence-corrected chi connectivity index (χ2v) is 12.1. The van der Waals surface area contributed by atoms with Gasteiger partial charge in [0.2, 0.25) is 0 Å². The van der Waals surface area contributed by atoms with E-state index in [2.05, 4.69) is 63.7 Å². The molecule has 4 nitrogen and oxygen atoms in total. The van der Waals surface area contributed by atoms with Crippen molar-refractivity contribution in [3.05, 3.63) is 115 Å². The van der Waals surface area contributed by atoms with Gasteiger partial charge in [0, 0.05) is 17.9 Å². The first-order chi connectivity index (χ1) is 17.9. The Labute approximate surface area is 250 Å². The fourth-order valence-corrected chi connectivity index (χ4v) is 4.94.